The Bertz CT molecular complexity index is 1480. The highest BCUT2D eigenvalue weighted by molar-refractivity contribution is 6.03. The van der Waals surface area contributed by atoms with Crippen LogP contribution in [-0.2, 0) is 11.3 Å². The minimum atomic E-state index is -0.302. The Morgan fingerprint density at radius 1 is 1.05 bits per heavy atom. The molecule has 0 saturated heterocycles. The van der Waals surface area contributed by atoms with E-state index in [1.807, 2.05) is 66.2 Å². The molecule has 0 aliphatic carbocycles. The van der Waals surface area contributed by atoms with E-state index in [-0.39, 0.29) is 5.91 Å². The molecule has 1 amide bonds. The van der Waals surface area contributed by atoms with E-state index in [2.05, 4.69) is 25.7 Å². The highest BCUT2D eigenvalue weighted by Crippen LogP contribution is 2.25. The van der Waals surface area contributed by atoms with Gasteiger partial charge in [0.1, 0.15) is 17.3 Å². The lowest BCUT2D eigenvalue weighted by atomic mass is 10.2. The number of pyridine rings is 1. The molecule has 10 nitrogen and oxygen atoms in total. The predicted molar refractivity (Wildman–Crippen MR) is 147 cm³/mol. The van der Waals surface area contributed by atoms with E-state index in [4.69, 9.17) is 14.5 Å². The lowest BCUT2D eigenvalue weighted by molar-refractivity contribution is 0.102. The highest BCUT2D eigenvalue weighted by Gasteiger charge is 2.17. The number of methoxy groups -OCH3 is 1. The third-order valence-electron chi connectivity index (χ3n) is 5.93. The lowest BCUT2D eigenvalue weighted by Gasteiger charge is -2.07. The lowest BCUT2D eigenvalue weighted by Crippen LogP contribution is -2.14. The summed E-state index contributed by atoms with van der Waals surface area (Å²) in [6, 6.07) is 20.9. The van der Waals surface area contributed by atoms with Gasteiger partial charge in [-0.1, -0.05) is 24.3 Å². The predicted octanol–water partition coefficient (Wildman–Crippen LogP) is 4.58. The average molecular weight is 512 g/mol. The van der Waals surface area contributed by atoms with Crippen LogP contribution in [0.4, 0.5) is 11.6 Å². The van der Waals surface area contributed by atoms with Crippen LogP contribution in [-0.4, -0.2) is 57.5 Å². The number of amides is 1. The van der Waals surface area contributed by atoms with E-state index < -0.39 is 0 Å². The number of hydrogen-bond acceptors (Lipinski definition) is 7. The van der Waals surface area contributed by atoms with Gasteiger partial charge in [0.25, 0.3) is 5.91 Å². The number of fused-ring (bicyclic) bond motifs is 1. The van der Waals surface area contributed by atoms with Gasteiger partial charge in [0.2, 0.25) is 0 Å². The monoisotopic (exact) mass is 511 g/mol. The molecule has 5 aromatic rings. The maximum absolute atomic E-state index is 13.0. The van der Waals surface area contributed by atoms with Gasteiger partial charge >= 0.3 is 0 Å². The van der Waals surface area contributed by atoms with Crippen molar-refractivity contribution < 1.29 is 14.3 Å². The van der Waals surface area contributed by atoms with Gasteiger partial charge in [-0.15, -0.1) is 0 Å². The molecule has 0 spiro atoms. The second-order valence-corrected chi connectivity index (χ2v) is 8.53. The standard InChI is InChI=1S/C28H29N7O3/c1-3-38-15-14-29-25-13-10-20(17-30-25)28(36)33-26-16-24(27-31-22-6-4-5-7-23(22)32-27)35(34-26)18-19-8-11-21(37-2)12-9-19/h4-13,16-17H,3,14-15,18H2,1-2H3,(H,29,30)(H,31,32)(H,33,34,36). The van der Waals surface area contributed by atoms with Crippen LogP contribution >= 0.6 is 0 Å². The third-order valence-corrected chi connectivity index (χ3v) is 5.93. The summed E-state index contributed by atoms with van der Waals surface area (Å²) in [5.74, 6) is 2.24. The minimum absolute atomic E-state index is 0.302. The molecular formula is C28H29N7O3. The van der Waals surface area contributed by atoms with E-state index in [9.17, 15) is 4.79 Å². The van der Waals surface area contributed by atoms with Crippen LogP contribution in [0, 0.1) is 0 Å². The Labute approximate surface area is 220 Å². The first kappa shape index (κ1) is 25.0. The number of benzene rings is 2. The molecule has 0 saturated carbocycles. The van der Waals surface area contributed by atoms with E-state index in [0.717, 1.165) is 28.0 Å². The van der Waals surface area contributed by atoms with Crippen molar-refractivity contribution in [3.8, 4) is 17.3 Å². The molecule has 0 radical (unpaired) electrons. The molecule has 5 rings (SSSR count). The van der Waals surface area contributed by atoms with Gasteiger partial charge in [0.15, 0.2) is 11.6 Å². The number of para-hydroxylation sites is 2. The van der Waals surface area contributed by atoms with Gasteiger partial charge < -0.3 is 25.1 Å². The van der Waals surface area contributed by atoms with Gasteiger partial charge in [-0.3, -0.25) is 9.48 Å². The van der Waals surface area contributed by atoms with Crippen LogP contribution in [0.25, 0.3) is 22.6 Å². The third kappa shape index (κ3) is 5.81. The second kappa shape index (κ2) is 11.6. The van der Waals surface area contributed by atoms with E-state index >= 15 is 0 Å². The summed E-state index contributed by atoms with van der Waals surface area (Å²) in [6.45, 7) is 4.33. The zero-order valence-corrected chi connectivity index (χ0v) is 21.3. The number of carbonyl (C=O) groups is 1. The summed E-state index contributed by atoms with van der Waals surface area (Å²) < 4.78 is 12.4. The Morgan fingerprint density at radius 3 is 2.63 bits per heavy atom. The van der Waals surface area contributed by atoms with Crippen molar-refractivity contribution in [3.63, 3.8) is 0 Å². The fourth-order valence-corrected chi connectivity index (χ4v) is 3.98. The van der Waals surface area contributed by atoms with Crippen molar-refractivity contribution >= 4 is 28.6 Å². The fourth-order valence-electron chi connectivity index (χ4n) is 3.98. The van der Waals surface area contributed by atoms with Gasteiger partial charge in [-0.25, -0.2) is 9.97 Å². The normalized spacial score (nSPS) is 11.0. The maximum atomic E-state index is 13.0. The first-order valence-corrected chi connectivity index (χ1v) is 12.4. The Hall–Kier alpha value is -4.70. The van der Waals surface area contributed by atoms with Gasteiger partial charge in [0, 0.05) is 25.4 Å². The number of imidazole rings is 1. The molecule has 3 heterocycles. The molecule has 0 atom stereocenters. The van der Waals surface area contributed by atoms with Gasteiger partial charge in [0.05, 0.1) is 36.9 Å². The Morgan fingerprint density at radius 2 is 1.89 bits per heavy atom. The molecule has 194 valence electrons. The van der Waals surface area contributed by atoms with Crippen LogP contribution in [0.2, 0.25) is 0 Å². The summed E-state index contributed by atoms with van der Waals surface area (Å²) in [6.07, 6.45) is 1.53. The molecule has 10 heteroatoms. The number of hydrogen-bond donors (Lipinski definition) is 3. The van der Waals surface area contributed by atoms with Crippen molar-refractivity contribution in [2.24, 2.45) is 0 Å². The Kier molecular flexibility index (Phi) is 7.60. The topological polar surface area (TPSA) is 119 Å². The smallest absolute Gasteiger partial charge is 0.258 e. The van der Waals surface area contributed by atoms with Crippen molar-refractivity contribution in [1.29, 1.82) is 0 Å². The van der Waals surface area contributed by atoms with Crippen molar-refractivity contribution in [1.82, 2.24) is 24.7 Å². The quantitative estimate of drug-likeness (QED) is 0.222. The summed E-state index contributed by atoms with van der Waals surface area (Å²) >= 11 is 0. The van der Waals surface area contributed by atoms with Crippen molar-refractivity contribution in [2.45, 2.75) is 13.5 Å². The van der Waals surface area contributed by atoms with E-state index in [1.165, 1.54) is 6.20 Å². The molecule has 0 unspecified atom stereocenters. The zero-order valence-electron chi connectivity index (χ0n) is 21.3. The molecule has 0 aliphatic rings. The molecule has 0 fully saturated rings. The number of aromatic nitrogens is 5. The summed E-state index contributed by atoms with van der Waals surface area (Å²) in [5.41, 5.74) is 3.98. The van der Waals surface area contributed by atoms with Crippen LogP contribution in [0.15, 0.2) is 72.9 Å². The second-order valence-electron chi connectivity index (χ2n) is 8.53. The number of rotatable bonds is 11. The summed E-state index contributed by atoms with van der Waals surface area (Å²) in [4.78, 5) is 25.4. The first-order chi connectivity index (χ1) is 18.6. The van der Waals surface area contributed by atoms with Crippen LogP contribution < -0.4 is 15.4 Å². The molecule has 38 heavy (non-hydrogen) atoms. The number of nitrogens with one attached hydrogen (secondary N) is 3. The van der Waals surface area contributed by atoms with Crippen LogP contribution in [0.1, 0.15) is 22.8 Å². The molecule has 3 N–H and O–H groups in total. The number of ether oxygens (including phenoxy) is 2. The average Bonchev–Trinajstić information content (AvgIpc) is 3.55. The maximum Gasteiger partial charge on any atom is 0.258 e. The molecular weight excluding hydrogens is 482 g/mol. The van der Waals surface area contributed by atoms with Crippen molar-refractivity contribution in [3.05, 3.63) is 84.1 Å². The molecule has 0 aliphatic heterocycles. The van der Waals surface area contributed by atoms with E-state index in [0.29, 0.717) is 49.3 Å². The van der Waals surface area contributed by atoms with Crippen LogP contribution in [0.5, 0.6) is 5.75 Å². The SMILES string of the molecule is CCOCCNc1ccc(C(=O)Nc2cc(-c3nc4ccccc4[nH]3)n(Cc3ccc(OC)cc3)n2)cn1. The fraction of sp³-hybridized carbons (Fsp3) is 0.214. The first-order valence-electron chi connectivity index (χ1n) is 12.4. The molecule has 0 bridgehead atoms. The summed E-state index contributed by atoms with van der Waals surface area (Å²) in [7, 11) is 1.64. The van der Waals surface area contributed by atoms with E-state index in [1.54, 1.807) is 19.2 Å². The number of aromatic amines is 1. The highest BCUT2D eigenvalue weighted by atomic mass is 16.5. The molecule has 2 aromatic carbocycles. The van der Waals surface area contributed by atoms with Crippen LogP contribution in [0.3, 0.4) is 0 Å². The number of carbonyl (C=O) groups excluding carboxylic acids is 1. The minimum Gasteiger partial charge on any atom is -0.497 e. The zero-order chi connectivity index (χ0) is 26.3. The number of H-pyrrole nitrogens is 1. The van der Waals surface area contributed by atoms with Gasteiger partial charge in [-0.05, 0) is 48.9 Å². The van der Waals surface area contributed by atoms with Gasteiger partial charge in [-0.2, -0.15) is 5.10 Å². The molecule has 3 aromatic heterocycles. The Balaban J connectivity index is 1.37. The summed E-state index contributed by atoms with van der Waals surface area (Å²) in [5, 5.41) is 10.7. The number of nitrogens with zero attached hydrogens (tertiary/aromatic N) is 4. The largest absolute Gasteiger partial charge is 0.497 e. The number of anilines is 2. The van der Waals surface area contributed by atoms with Crippen molar-refractivity contribution in [2.75, 3.05) is 37.5 Å².